The van der Waals surface area contributed by atoms with Crippen LogP contribution in [0.1, 0.15) is 62.7 Å². The van der Waals surface area contributed by atoms with Gasteiger partial charge in [-0.05, 0) is 56.4 Å². The number of nitrogens with one attached hydrogen (secondary N) is 1. The molecule has 1 N–H and O–H groups in total. The fourth-order valence-corrected chi connectivity index (χ4v) is 3.02. The molecule has 4 heteroatoms. The third kappa shape index (κ3) is 5.70. The Morgan fingerprint density at radius 1 is 1.17 bits per heavy atom. The van der Waals surface area contributed by atoms with Crippen molar-refractivity contribution in [2.24, 2.45) is 5.92 Å². The molecule has 0 spiro atoms. The summed E-state index contributed by atoms with van der Waals surface area (Å²) in [5, 5.41) is 3.16. The molecule has 0 radical (unpaired) electrons. The van der Waals surface area contributed by atoms with Gasteiger partial charge in [0.15, 0.2) is 5.78 Å². The highest BCUT2D eigenvalue weighted by atomic mass is 16.5. The summed E-state index contributed by atoms with van der Waals surface area (Å²) in [4.78, 5) is 23.2. The molecule has 23 heavy (non-hydrogen) atoms. The van der Waals surface area contributed by atoms with Crippen molar-refractivity contribution in [2.75, 3.05) is 6.61 Å². The molecule has 0 aliphatic heterocycles. The molecule has 4 nitrogen and oxygen atoms in total. The number of carbonyl (C=O) groups is 2. The Balaban J connectivity index is 1.64. The average molecular weight is 317 g/mol. The minimum atomic E-state index is 0.0464. The largest absolute Gasteiger partial charge is 0.494 e. The first kappa shape index (κ1) is 17.5. The summed E-state index contributed by atoms with van der Waals surface area (Å²) in [6.07, 6.45) is 6.00. The lowest BCUT2D eigenvalue weighted by atomic mass is 9.86. The molecule has 2 rings (SSSR count). The van der Waals surface area contributed by atoms with Crippen molar-refractivity contribution in [2.45, 2.75) is 58.4 Å². The van der Waals surface area contributed by atoms with E-state index in [1.54, 1.807) is 31.2 Å². The van der Waals surface area contributed by atoms with Crippen LogP contribution in [0.5, 0.6) is 5.75 Å². The van der Waals surface area contributed by atoms with Gasteiger partial charge in [0.1, 0.15) is 5.75 Å². The number of rotatable bonds is 7. The van der Waals surface area contributed by atoms with Gasteiger partial charge < -0.3 is 10.1 Å². The van der Waals surface area contributed by atoms with Gasteiger partial charge in [-0.15, -0.1) is 0 Å². The van der Waals surface area contributed by atoms with Gasteiger partial charge in [0.05, 0.1) is 6.61 Å². The van der Waals surface area contributed by atoms with Gasteiger partial charge in [0.25, 0.3) is 0 Å². The third-order valence-corrected chi connectivity index (χ3v) is 4.54. The minimum absolute atomic E-state index is 0.0464. The number of ether oxygens (including phenoxy) is 1. The second-order valence-electron chi connectivity index (χ2n) is 6.47. The zero-order valence-corrected chi connectivity index (χ0v) is 14.1. The second-order valence-corrected chi connectivity index (χ2v) is 6.47. The monoisotopic (exact) mass is 317 g/mol. The average Bonchev–Trinajstić information content (AvgIpc) is 2.54. The molecule has 0 saturated heterocycles. The highest BCUT2D eigenvalue weighted by molar-refractivity contribution is 5.94. The molecule has 0 unspecified atom stereocenters. The van der Waals surface area contributed by atoms with Crippen molar-refractivity contribution in [3.8, 4) is 5.75 Å². The lowest BCUT2D eigenvalue weighted by molar-refractivity contribution is -0.122. The molecular weight excluding hydrogens is 290 g/mol. The van der Waals surface area contributed by atoms with E-state index < -0.39 is 0 Å². The van der Waals surface area contributed by atoms with E-state index in [1.807, 2.05) is 0 Å². The van der Waals surface area contributed by atoms with Crippen LogP contribution in [-0.2, 0) is 4.79 Å². The maximum absolute atomic E-state index is 12.0. The van der Waals surface area contributed by atoms with Crippen molar-refractivity contribution in [1.82, 2.24) is 5.32 Å². The fourth-order valence-electron chi connectivity index (χ4n) is 3.02. The molecule has 1 aliphatic rings. The van der Waals surface area contributed by atoms with Crippen LogP contribution in [0, 0.1) is 5.92 Å². The summed E-state index contributed by atoms with van der Waals surface area (Å²) in [7, 11) is 0. The molecule has 126 valence electrons. The maximum atomic E-state index is 12.0. The zero-order valence-electron chi connectivity index (χ0n) is 14.1. The van der Waals surface area contributed by atoms with E-state index >= 15 is 0 Å². The molecule has 1 saturated carbocycles. The van der Waals surface area contributed by atoms with E-state index in [4.69, 9.17) is 4.74 Å². The van der Waals surface area contributed by atoms with Crippen LogP contribution >= 0.6 is 0 Å². The van der Waals surface area contributed by atoms with Crippen molar-refractivity contribution in [3.05, 3.63) is 29.8 Å². The molecule has 0 aromatic heterocycles. The number of benzene rings is 1. The number of ketones is 1. The van der Waals surface area contributed by atoms with Gasteiger partial charge in [0, 0.05) is 18.0 Å². The van der Waals surface area contributed by atoms with Gasteiger partial charge in [0.2, 0.25) is 5.91 Å². The van der Waals surface area contributed by atoms with Gasteiger partial charge in [-0.1, -0.05) is 19.8 Å². The minimum Gasteiger partial charge on any atom is -0.494 e. The Labute approximate surface area is 138 Å². The van der Waals surface area contributed by atoms with E-state index in [0.717, 1.165) is 12.2 Å². The highest BCUT2D eigenvalue weighted by Crippen LogP contribution is 2.23. The first-order valence-corrected chi connectivity index (χ1v) is 8.59. The van der Waals surface area contributed by atoms with Crippen LogP contribution in [0.25, 0.3) is 0 Å². The zero-order chi connectivity index (χ0) is 16.7. The van der Waals surface area contributed by atoms with Gasteiger partial charge >= 0.3 is 0 Å². The summed E-state index contributed by atoms with van der Waals surface area (Å²) < 4.78 is 5.61. The van der Waals surface area contributed by atoms with E-state index in [1.165, 1.54) is 19.3 Å². The van der Waals surface area contributed by atoms with E-state index in [2.05, 4.69) is 12.2 Å². The highest BCUT2D eigenvalue weighted by Gasteiger charge is 2.22. The lowest BCUT2D eigenvalue weighted by Crippen LogP contribution is -2.41. The van der Waals surface area contributed by atoms with Crippen LogP contribution in [0.3, 0.4) is 0 Å². The third-order valence-electron chi connectivity index (χ3n) is 4.54. The normalized spacial score (nSPS) is 20.8. The summed E-state index contributed by atoms with van der Waals surface area (Å²) >= 11 is 0. The Hall–Kier alpha value is -1.84. The fraction of sp³-hybridized carbons (Fsp3) is 0.579. The number of hydrogen-bond acceptors (Lipinski definition) is 3. The SMILES string of the molecule is CC(=O)c1ccc(OCCCC(=O)N[C@H]2CCCC[C@@H]2C)cc1. The first-order chi connectivity index (χ1) is 11.1. The van der Waals surface area contributed by atoms with Crippen LogP contribution in [0.15, 0.2) is 24.3 Å². The molecule has 0 bridgehead atoms. The van der Waals surface area contributed by atoms with E-state index in [-0.39, 0.29) is 11.7 Å². The maximum Gasteiger partial charge on any atom is 0.220 e. The summed E-state index contributed by atoms with van der Waals surface area (Å²) in [5.41, 5.74) is 0.679. The Morgan fingerprint density at radius 2 is 1.87 bits per heavy atom. The summed E-state index contributed by atoms with van der Waals surface area (Å²) in [6.45, 7) is 4.27. The second kappa shape index (κ2) is 8.70. The summed E-state index contributed by atoms with van der Waals surface area (Å²) in [6, 6.07) is 7.45. The topological polar surface area (TPSA) is 55.4 Å². The molecule has 1 fully saturated rings. The predicted octanol–water partition coefficient (Wildman–Crippen LogP) is 3.74. The van der Waals surface area contributed by atoms with Crippen molar-refractivity contribution < 1.29 is 14.3 Å². The smallest absolute Gasteiger partial charge is 0.220 e. The molecule has 1 amide bonds. The Kier molecular flexibility index (Phi) is 6.63. The molecule has 2 atom stereocenters. The van der Waals surface area contributed by atoms with Gasteiger partial charge in [-0.3, -0.25) is 9.59 Å². The van der Waals surface area contributed by atoms with Crippen LogP contribution < -0.4 is 10.1 Å². The lowest BCUT2D eigenvalue weighted by Gasteiger charge is -2.29. The van der Waals surface area contributed by atoms with E-state index in [9.17, 15) is 9.59 Å². The molecular formula is C19H27NO3. The molecule has 1 aliphatic carbocycles. The standard InChI is InChI=1S/C19H27NO3/c1-14-6-3-4-7-18(14)20-19(22)8-5-13-23-17-11-9-16(10-12-17)15(2)21/h9-12,14,18H,3-8,13H2,1-2H3,(H,20,22)/t14-,18-/m0/s1. The van der Waals surface area contributed by atoms with Crippen LogP contribution in [0.2, 0.25) is 0 Å². The predicted molar refractivity (Wildman–Crippen MR) is 90.7 cm³/mol. The van der Waals surface area contributed by atoms with Crippen molar-refractivity contribution in [1.29, 1.82) is 0 Å². The van der Waals surface area contributed by atoms with Crippen molar-refractivity contribution >= 4 is 11.7 Å². The molecule has 0 heterocycles. The summed E-state index contributed by atoms with van der Waals surface area (Å²) in [5.74, 6) is 1.49. The first-order valence-electron chi connectivity index (χ1n) is 8.59. The Bertz CT molecular complexity index is 524. The number of hydrogen-bond donors (Lipinski definition) is 1. The molecule has 1 aromatic rings. The van der Waals surface area contributed by atoms with Gasteiger partial charge in [-0.2, -0.15) is 0 Å². The Morgan fingerprint density at radius 3 is 2.52 bits per heavy atom. The number of Topliss-reactive ketones (excluding diaryl/α,β-unsaturated/α-hetero) is 1. The van der Waals surface area contributed by atoms with Crippen LogP contribution in [-0.4, -0.2) is 24.3 Å². The molecule has 1 aromatic carbocycles. The van der Waals surface area contributed by atoms with Crippen LogP contribution in [0.4, 0.5) is 0 Å². The number of amides is 1. The quantitative estimate of drug-likeness (QED) is 0.615. The number of carbonyl (C=O) groups excluding carboxylic acids is 2. The van der Waals surface area contributed by atoms with Crippen molar-refractivity contribution in [3.63, 3.8) is 0 Å². The van der Waals surface area contributed by atoms with Gasteiger partial charge in [-0.25, -0.2) is 0 Å². The van der Waals surface area contributed by atoms with E-state index in [0.29, 0.717) is 37.0 Å².